The van der Waals surface area contributed by atoms with Crippen molar-refractivity contribution in [3.8, 4) is 0 Å². The van der Waals surface area contributed by atoms with Crippen LogP contribution >= 0.6 is 34.2 Å². The van der Waals surface area contributed by atoms with Crippen LogP contribution in [0.3, 0.4) is 0 Å². The van der Waals surface area contributed by atoms with Gasteiger partial charge in [-0.05, 0) is 54.1 Å². The molecule has 1 aromatic carbocycles. The fraction of sp³-hybridized carbons (Fsp3) is 0.417. The first-order chi connectivity index (χ1) is 7.92. The van der Waals surface area contributed by atoms with E-state index in [9.17, 15) is 4.79 Å². The van der Waals surface area contributed by atoms with Crippen molar-refractivity contribution in [3.63, 3.8) is 0 Å². The van der Waals surface area contributed by atoms with Crippen LogP contribution in [-0.2, 0) is 4.79 Å². The molecule has 5 heteroatoms. The molecule has 0 radical (unpaired) electrons. The van der Waals surface area contributed by atoms with Crippen LogP contribution in [0.5, 0.6) is 0 Å². The van der Waals surface area contributed by atoms with Crippen LogP contribution in [0.25, 0.3) is 0 Å². The molecule has 0 bridgehead atoms. The summed E-state index contributed by atoms with van der Waals surface area (Å²) in [6.07, 6.45) is 0.691. The zero-order chi connectivity index (χ0) is 13.1. The second kappa shape index (κ2) is 6.02. The average molecular weight is 367 g/mol. The van der Waals surface area contributed by atoms with Gasteiger partial charge in [-0.15, -0.1) is 0 Å². The third kappa shape index (κ3) is 3.56. The monoisotopic (exact) mass is 366 g/mol. The zero-order valence-electron chi connectivity index (χ0n) is 9.89. The van der Waals surface area contributed by atoms with Gasteiger partial charge in [0.25, 0.3) is 0 Å². The van der Waals surface area contributed by atoms with Gasteiger partial charge < -0.3 is 11.1 Å². The number of amides is 1. The quantitative estimate of drug-likeness (QED) is 0.804. The van der Waals surface area contributed by atoms with Crippen molar-refractivity contribution in [1.29, 1.82) is 0 Å². The lowest BCUT2D eigenvalue weighted by Gasteiger charge is -2.25. The van der Waals surface area contributed by atoms with Crippen molar-refractivity contribution < 1.29 is 4.79 Å². The normalized spacial score (nSPS) is 14.2. The van der Waals surface area contributed by atoms with E-state index in [1.165, 1.54) is 0 Å². The molecular weight excluding hydrogens is 351 g/mol. The van der Waals surface area contributed by atoms with Gasteiger partial charge in [0.15, 0.2) is 0 Å². The second-order valence-electron chi connectivity index (χ2n) is 4.20. The maximum Gasteiger partial charge on any atom is 0.231 e. The van der Waals surface area contributed by atoms with E-state index in [0.717, 1.165) is 3.57 Å². The van der Waals surface area contributed by atoms with Crippen LogP contribution in [0, 0.1) is 8.99 Å². The van der Waals surface area contributed by atoms with Crippen LogP contribution in [-0.4, -0.2) is 12.5 Å². The molecule has 0 aliphatic rings. The SMILES string of the molecule is CCC(C)(CN)C(=O)Nc1cc(I)ccc1Cl. The lowest BCUT2D eigenvalue weighted by Crippen LogP contribution is -2.39. The highest BCUT2D eigenvalue weighted by molar-refractivity contribution is 14.1. The number of hydrogen-bond acceptors (Lipinski definition) is 2. The Labute approximate surface area is 120 Å². The van der Waals surface area contributed by atoms with E-state index >= 15 is 0 Å². The van der Waals surface area contributed by atoms with Gasteiger partial charge >= 0.3 is 0 Å². The zero-order valence-corrected chi connectivity index (χ0v) is 12.8. The standard InChI is InChI=1S/C12H16ClIN2O/c1-3-12(2,7-15)11(17)16-10-6-8(14)4-5-9(10)13/h4-6H,3,7,15H2,1-2H3,(H,16,17). The number of carbonyl (C=O) groups is 1. The third-order valence-electron chi connectivity index (χ3n) is 2.96. The highest BCUT2D eigenvalue weighted by Gasteiger charge is 2.29. The van der Waals surface area contributed by atoms with Crippen molar-refractivity contribution >= 4 is 45.8 Å². The van der Waals surface area contributed by atoms with E-state index in [4.69, 9.17) is 17.3 Å². The van der Waals surface area contributed by atoms with Crippen LogP contribution in [0.15, 0.2) is 18.2 Å². The van der Waals surface area contributed by atoms with Gasteiger partial charge in [-0.1, -0.05) is 18.5 Å². The third-order valence-corrected chi connectivity index (χ3v) is 3.96. The molecule has 1 amide bonds. The van der Waals surface area contributed by atoms with Gasteiger partial charge in [0.05, 0.1) is 16.1 Å². The average Bonchev–Trinajstić information content (AvgIpc) is 2.32. The van der Waals surface area contributed by atoms with Gasteiger partial charge in [-0.3, -0.25) is 4.79 Å². The number of nitrogens with one attached hydrogen (secondary N) is 1. The number of anilines is 1. The molecule has 0 spiro atoms. The lowest BCUT2D eigenvalue weighted by molar-refractivity contribution is -0.124. The van der Waals surface area contributed by atoms with Crippen LogP contribution < -0.4 is 11.1 Å². The Morgan fingerprint density at radius 3 is 2.76 bits per heavy atom. The van der Waals surface area contributed by atoms with Crippen LogP contribution in [0.4, 0.5) is 5.69 Å². The fourth-order valence-electron chi connectivity index (χ4n) is 1.26. The summed E-state index contributed by atoms with van der Waals surface area (Å²) < 4.78 is 1.02. The van der Waals surface area contributed by atoms with E-state index < -0.39 is 5.41 Å². The molecule has 1 rings (SSSR count). The molecule has 94 valence electrons. The molecule has 0 saturated carbocycles. The molecule has 0 fully saturated rings. The lowest BCUT2D eigenvalue weighted by atomic mass is 9.86. The largest absolute Gasteiger partial charge is 0.329 e. The van der Waals surface area contributed by atoms with Gasteiger partial charge in [-0.2, -0.15) is 0 Å². The molecule has 1 atom stereocenters. The first-order valence-corrected chi connectivity index (χ1v) is 6.85. The summed E-state index contributed by atoms with van der Waals surface area (Å²) in [7, 11) is 0. The van der Waals surface area contributed by atoms with Crippen LogP contribution in [0.1, 0.15) is 20.3 Å². The molecule has 0 aromatic heterocycles. The Morgan fingerprint density at radius 1 is 1.59 bits per heavy atom. The predicted octanol–water partition coefficient (Wildman–Crippen LogP) is 3.26. The van der Waals surface area contributed by atoms with Crippen molar-refractivity contribution in [2.45, 2.75) is 20.3 Å². The minimum Gasteiger partial charge on any atom is -0.329 e. The van der Waals surface area contributed by atoms with Crippen molar-refractivity contribution in [2.75, 3.05) is 11.9 Å². The van der Waals surface area contributed by atoms with E-state index in [2.05, 4.69) is 27.9 Å². The van der Waals surface area contributed by atoms with Crippen molar-refractivity contribution in [2.24, 2.45) is 11.1 Å². The molecule has 0 saturated heterocycles. The van der Waals surface area contributed by atoms with Gasteiger partial charge in [0.1, 0.15) is 0 Å². The minimum absolute atomic E-state index is 0.0913. The summed E-state index contributed by atoms with van der Waals surface area (Å²) in [5.41, 5.74) is 5.73. The summed E-state index contributed by atoms with van der Waals surface area (Å²) >= 11 is 8.20. The molecule has 0 heterocycles. The van der Waals surface area contributed by atoms with Gasteiger partial charge in [0, 0.05) is 10.1 Å². The maximum atomic E-state index is 12.1. The van der Waals surface area contributed by atoms with E-state index in [-0.39, 0.29) is 5.91 Å². The van der Waals surface area contributed by atoms with Gasteiger partial charge in [0.2, 0.25) is 5.91 Å². The molecule has 1 aromatic rings. The first kappa shape index (κ1) is 14.7. The highest BCUT2D eigenvalue weighted by atomic mass is 127. The molecule has 0 aliphatic heterocycles. The molecular formula is C12H16ClIN2O. The van der Waals surface area contributed by atoms with Crippen molar-refractivity contribution in [3.05, 3.63) is 26.8 Å². The summed E-state index contributed by atoms with van der Waals surface area (Å²) in [5, 5.41) is 3.37. The Balaban J connectivity index is 2.91. The minimum atomic E-state index is -0.551. The summed E-state index contributed by atoms with van der Waals surface area (Å²) in [6.45, 7) is 4.11. The number of benzene rings is 1. The topological polar surface area (TPSA) is 55.1 Å². The number of halogens is 2. The second-order valence-corrected chi connectivity index (χ2v) is 5.85. The van der Waals surface area contributed by atoms with E-state index in [1.54, 1.807) is 6.07 Å². The number of nitrogens with two attached hydrogens (primary N) is 1. The molecule has 1 unspecified atom stereocenters. The highest BCUT2D eigenvalue weighted by Crippen LogP contribution is 2.27. The molecule has 3 N–H and O–H groups in total. The summed E-state index contributed by atoms with van der Waals surface area (Å²) in [4.78, 5) is 12.1. The predicted molar refractivity (Wildman–Crippen MR) is 80.3 cm³/mol. The Kier molecular flexibility index (Phi) is 5.22. The number of hydrogen-bond donors (Lipinski definition) is 2. The molecule has 0 aliphatic carbocycles. The summed E-state index contributed by atoms with van der Waals surface area (Å²) in [5.74, 6) is -0.0913. The molecule has 3 nitrogen and oxygen atoms in total. The summed E-state index contributed by atoms with van der Waals surface area (Å²) in [6, 6.07) is 5.50. The van der Waals surface area contributed by atoms with Gasteiger partial charge in [-0.25, -0.2) is 0 Å². The number of carbonyl (C=O) groups excluding carboxylic acids is 1. The maximum absolute atomic E-state index is 12.1. The van der Waals surface area contributed by atoms with E-state index in [1.807, 2.05) is 26.0 Å². The fourth-order valence-corrected chi connectivity index (χ4v) is 1.92. The molecule has 17 heavy (non-hydrogen) atoms. The Morgan fingerprint density at radius 2 is 2.24 bits per heavy atom. The van der Waals surface area contributed by atoms with Crippen LogP contribution in [0.2, 0.25) is 5.02 Å². The van der Waals surface area contributed by atoms with E-state index in [0.29, 0.717) is 23.7 Å². The Bertz CT molecular complexity index is 419. The smallest absolute Gasteiger partial charge is 0.231 e. The first-order valence-electron chi connectivity index (χ1n) is 5.39. The van der Waals surface area contributed by atoms with Crippen molar-refractivity contribution in [1.82, 2.24) is 0 Å². The Hall–Kier alpha value is -0.330. The number of rotatable bonds is 4.